The Labute approximate surface area is 176 Å². The molecule has 0 bridgehead atoms. The van der Waals surface area contributed by atoms with Gasteiger partial charge in [0.05, 0.1) is 18.8 Å². The molecular weight excluding hydrogens is 381 g/mol. The maximum Gasteiger partial charge on any atom is 0.253 e. The lowest BCUT2D eigenvalue weighted by Crippen LogP contribution is -2.59. The summed E-state index contributed by atoms with van der Waals surface area (Å²) in [4.78, 5) is 29.1. The summed E-state index contributed by atoms with van der Waals surface area (Å²) in [7, 11) is 0. The normalized spacial score (nSPS) is 18.3. The van der Waals surface area contributed by atoms with Gasteiger partial charge in [-0.05, 0) is 30.2 Å². The molecular formula is C24H28FN3O2. The van der Waals surface area contributed by atoms with Crippen molar-refractivity contribution in [1.82, 2.24) is 15.1 Å². The van der Waals surface area contributed by atoms with Crippen molar-refractivity contribution >= 4 is 11.8 Å². The lowest BCUT2D eigenvalue weighted by Gasteiger charge is -2.44. The Bertz CT molecular complexity index is 920. The number of carbonyl (C=O) groups excluding carboxylic acids is 2. The second-order valence-electron chi connectivity index (χ2n) is 8.20. The van der Waals surface area contributed by atoms with Crippen molar-refractivity contribution in [2.45, 2.75) is 44.8 Å². The van der Waals surface area contributed by atoms with Crippen LogP contribution in [0.1, 0.15) is 47.7 Å². The summed E-state index contributed by atoms with van der Waals surface area (Å²) < 4.78 is 14.1. The SMILES string of the molecule is CCCc1ccc(C(=O)N2CCC3(CC2)NCC(=O)N3Cc2ccccc2F)cc1. The highest BCUT2D eigenvalue weighted by atomic mass is 19.1. The molecule has 2 aliphatic heterocycles. The molecule has 1 N–H and O–H groups in total. The van der Waals surface area contributed by atoms with Crippen LogP contribution >= 0.6 is 0 Å². The zero-order valence-corrected chi connectivity index (χ0v) is 17.4. The van der Waals surface area contributed by atoms with Crippen LogP contribution < -0.4 is 5.32 Å². The second-order valence-corrected chi connectivity index (χ2v) is 8.20. The Morgan fingerprint density at radius 3 is 2.47 bits per heavy atom. The van der Waals surface area contributed by atoms with E-state index in [1.165, 1.54) is 11.6 Å². The molecule has 4 rings (SSSR count). The van der Waals surface area contributed by atoms with Crippen molar-refractivity contribution in [3.63, 3.8) is 0 Å². The van der Waals surface area contributed by atoms with Crippen LogP contribution in [0.3, 0.4) is 0 Å². The van der Waals surface area contributed by atoms with Crippen LogP contribution in [0.5, 0.6) is 0 Å². The van der Waals surface area contributed by atoms with E-state index in [1.807, 2.05) is 29.2 Å². The smallest absolute Gasteiger partial charge is 0.253 e. The van der Waals surface area contributed by atoms with Crippen molar-refractivity contribution in [3.05, 3.63) is 71.0 Å². The fourth-order valence-corrected chi connectivity index (χ4v) is 4.52. The molecule has 2 amide bonds. The van der Waals surface area contributed by atoms with Crippen molar-refractivity contribution in [2.75, 3.05) is 19.6 Å². The highest BCUT2D eigenvalue weighted by Crippen LogP contribution is 2.32. The van der Waals surface area contributed by atoms with Gasteiger partial charge in [0.15, 0.2) is 0 Å². The number of nitrogens with one attached hydrogen (secondary N) is 1. The van der Waals surface area contributed by atoms with Crippen LogP contribution in [0.15, 0.2) is 48.5 Å². The second kappa shape index (κ2) is 8.56. The molecule has 0 radical (unpaired) electrons. The number of hydrogen-bond donors (Lipinski definition) is 1. The van der Waals surface area contributed by atoms with E-state index >= 15 is 0 Å². The maximum absolute atomic E-state index is 14.1. The van der Waals surface area contributed by atoms with Gasteiger partial charge in [0.1, 0.15) is 5.82 Å². The minimum Gasteiger partial charge on any atom is -0.338 e. The van der Waals surface area contributed by atoms with Gasteiger partial charge in [-0.15, -0.1) is 0 Å². The summed E-state index contributed by atoms with van der Waals surface area (Å²) in [6.45, 7) is 3.75. The summed E-state index contributed by atoms with van der Waals surface area (Å²) in [6.07, 6.45) is 3.36. The molecule has 2 aromatic rings. The Balaban J connectivity index is 1.43. The number of halogens is 1. The van der Waals surface area contributed by atoms with Crippen molar-refractivity contribution in [3.8, 4) is 0 Å². The minimum absolute atomic E-state index is 0.0236. The van der Waals surface area contributed by atoms with Crippen molar-refractivity contribution in [1.29, 1.82) is 0 Å². The number of nitrogens with zero attached hydrogens (tertiary/aromatic N) is 2. The molecule has 0 atom stereocenters. The first-order chi connectivity index (χ1) is 14.5. The number of benzene rings is 2. The minimum atomic E-state index is -0.513. The van der Waals surface area contributed by atoms with E-state index in [9.17, 15) is 14.0 Å². The van der Waals surface area contributed by atoms with Crippen LogP contribution in [0.2, 0.25) is 0 Å². The summed E-state index contributed by atoms with van der Waals surface area (Å²) in [5.74, 6) is -0.297. The molecule has 6 heteroatoms. The third-order valence-corrected chi connectivity index (χ3v) is 6.29. The molecule has 0 saturated carbocycles. The summed E-state index contributed by atoms with van der Waals surface area (Å²) in [5.41, 5.74) is 1.94. The van der Waals surface area contributed by atoms with Gasteiger partial charge in [-0.25, -0.2) is 4.39 Å². The predicted octanol–water partition coefficient (Wildman–Crippen LogP) is 3.34. The van der Waals surface area contributed by atoms with Gasteiger partial charge < -0.3 is 9.80 Å². The molecule has 5 nitrogen and oxygen atoms in total. The molecule has 2 aliphatic rings. The summed E-state index contributed by atoms with van der Waals surface area (Å²) in [5, 5.41) is 3.35. The Hall–Kier alpha value is -2.73. The van der Waals surface area contributed by atoms with Crippen molar-refractivity contribution in [2.24, 2.45) is 0 Å². The van der Waals surface area contributed by atoms with Gasteiger partial charge in [-0.3, -0.25) is 14.9 Å². The highest BCUT2D eigenvalue weighted by molar-refractivity contribution is 5.94. The maximum atomic E-state index is 14.1. The number of likely N-dealkylation sites (tertiary alicyclic amines) is 1. The number of aryl methyl sites for hydroxylation is 1. The van der Waals surface area contributed by atoms with E-state index in [0.29, 0.717) is 37.1 Å². The molecule has 0 aromatic heterocycles. The zero-order chi connectivity index (χ0) is 21.1. The monoisotopic (exact) mass is 409 g/mol. The van der Waals surface area contributed by atoms with Crippen LogP contribution in [-0.2, 0) is 17.8 Å². The third kappa shape index (κ3) is 3.97. The van der Waals surface area contributed by atoms with Gasteiger partial charge in [-0.1, -0.05) is 43.7 Å². The number of amides is 2. The zero-order valence-electron chi connectivity index (χ0n) is 17.4. The predicted molar refractivity (Wildman–Crippen MR) is 113 cm³/mol. The van der Waals surface area contributed by atoms with E-state index in [1.54, 1.807) is 23.1 Å². The van der Waals surface area contributed by atoms with E-state index < -0.39 is 5.66 Å². The molecule has 158 valence electrons. The molecule has 2 heterocycles. The quantitative estimate of drug-likeness (QED) is 0.824. The molecule has 30 heavy (non-hydrogen) atoms. The molecule has 2 aromatic carbocycles. The van der Waals surface area contributed by atoms with Crippen LogP contribution in [-0.4, -0.2) is 46.9 Å². The Morgan fingerprint density at radius 2 is 1.80 bits per heavy atom. The molecule has 2 fully saturated rings. The van der Waals surface area contributed by atoms with E-state index in [4.69, 9.17) is 0 Å². The average Bonchev–Trinajstić information content (AvgIpc) is 3.06. The van der Waals surface area contributed by atoms with E-state index in [2.05, 4.69) is 12.2 Å². The van der Waals surface area contributed by atoms with Gasteiger partial charge in [0.2, 0.25) is 5.91 Å². The topological polar surface area (TPSA) is 52.7 Å². The van der Waals surface area contributed by atoms with E-state index in [-0.39, 0.29) is 30.7 Å². The van der Waals surface area contributed by atoms with E-state index in [0.717, 1.165) is 12.8 Å². The fourth-order valence-electron chi connectivity index (χ4n) is 4.52. The van der Waals surface area contributed by atoms with Crippen molar-refractivity contribution < 1.29 is 14.0 Å². The van der Waals surface area contributed by atoms with Gasteiger partial charge in [-0.2, -0.15) is 0 Å². The first kappa shape index (κ1) is 20.5. The van der Waals surface area contributed by atoms with Crippen LogP contribution in [0.4, 0.5) is 4.39 Å². The summed E-state index contributed by atoms with van der Waals surface area (Å²) in [6, 6.07) is 14.4. The Kier molecular flexibility index (Phi) is 5.86. The van der Waals surface area contributed by atoms with Crippen LogP contribution in [0.25, 0.3) is 0 Å². The largest absolute Gasteiger partial charge is 0.338 e. The Morgan fingerprint density at radius 1 is 1.10 bits per heavy atom. The van der Waals surface area contributed by atoms with Crippen LogP contribution in [0, 0.1) is 5.82 Å². The molecule has 0 unspecified atom stereocenters. The number of hydrogen-bond acceptors (Lipinski definition) is 3. The van der Waals surface area contributed by atoms with Gasteiger partial charge in [0, 0.05) is 37.1 Å². The lowest BCUT2D eigenvalue weighted by molar-refractivity contribution is -0.132. The van der Waals surface area contributed by atoms with Gasteiger partial charge in [0.25, 0.3) is 5.91 Å². The molecule has 1 spiro atoms. The third-order valence-electron chi connectivity index (χ3n) is 6.29. The number of carbonyl (C=O) groups is 2. The van der Waals surface area contributed by atoms with Gasteiger partial charge >= 0.3 is 0 Å². The summed E-state index contributed by atoms with van der Waals surface area (Å²) >= 11 is 0. The molecule has 0 aliphatic carbocycles. The highest BCUT2D eigenvalue weighted by Gasteiger charge is 2.47. The average molecular weight is 410 g/mol. The fraction of sp³-hybridized carbons (Fsp3) is 0.417. The number of piperidine rings is 1. The first-order valence-corrected chi connectivity index (χ1v) is 10.7. The molecule has 2 saturated heterocycles. The lowest BCUT2D eigenvalue weighted by atomic mass is 9.94. The number of rotatable bonds is 5. The first-order valence-electron chi connectivity index (χ1n) is 10.7. The standard InChI is InChI=1S/C24H28FN3O2/c1-2-5-18-8-10-19(11-9-18)23(30)27-14-12-24(13-15-27)26-16-22(29)28(24)17-20-6-3-4-7-21(20)25/h3-4,6-11,26H,2,5,12-17H2,1H3.